The molecule has 2 aromatic carbocycles. The van der Waals surface area contributed by atoms with E-state index in [4.69, 9.17) is 29.8 Å². The molecule has 242 valence electrons. The van der Waals surface area contributed by atoms with Gasteiger partial charge in [-0.1, -0.05) is 12.1 Å². The van der Waals surface area contributed by atoms with Gasteiger partial charge in [0, 0.05) is 12.6 Å². The van der Waals surface area contributed by atoms with Gasteiger partial charge in [0.05, 0.1) is 19.5 Å². The Morgan fingerprint density at radius 2 is 1.56 bits per heavy atom. The van der Waals surface area contributed by atoms with Crippen molar-refractivity contribution in [2.45, 2.75) is 43.3 Å². The van der Waals surface area contributed by atoms with Crippen LogP contribution in [0.5, 0.6) is 23.0 Å². The molecule has 1 aromatic heterocycles. The van der Waals surface area contributed by atoms with E-state index in [1.165, 1.54) is 50.1 Å². The van der Waals surface area contributed by atoms with Gasteiger partial charge in [0.2, 0.25) is 5.91 Å². The second-order valence-electron chi connectivity index (χ2n) is 9.43. The molecule has 0 unspecified atom stereocenters. The molecule has 1 aliphatic carbocycles. The number of hydrogen-bond donors (Lipinski definition) is 4. The number of carboxylic acid groups (broad SMARTS) is 1. The SMILES string of the molecule is COc1ccc(Oc2ccc(CNC(=O)C3(NC(=O)Oc4cncnc4)CC(N)C3)cc2)c(C(F)(F)F)c1.O=C(O)C(F)(F)F. The number of nitrogens with two attached hydrogens (primary N) is 1. The lowest BCUT2D eigenvalue weighted by molar-refractivity contribution is -0.192. The van der Waals surface area contributed by atoms with E-state index in [0.29, 0.717) is 5.56 Å². The Kier molecular flexibility index (Phi) is 10.8. The lowest BCUT2D eigenvalue weighted by Gasteiger charge is -2.44. The van der Waals surface area contributed by atoms with Crippen molar-refractivity contribution in [1.82, 2.24) is 20.6 Å². The summed E-state index contributed by atoms with van der Waals surface area (Å²) in [5, 5.41) is 12.5. The quantitative estimate of drug-likeness (QED) is 0.260. The Morgan fingerprint density at radius 1 is 0.978 bits per heavy atom. The molecule has 0 saturated heterocycles. The van der Waals surface area contributed by atoms with Crippen LogP contribution in [0.2, 0.25) is 0 Å². The number of nitrogens with one attached hydrogen (secondary N) is 2. The maximum absolute atomic E-state index is 13.4. The third-order valence-corrected chi connectivity index (χ3v) is 6.08. The number of ether oxygens (including phenoxy) is 3. The van der Waals surface area contributed by atoms with Gasteiger partial charge in [-0.05, 0) is 48.7 Å². The summed E-state index contributed by atoms with van der Waals surface area (Å²) in [5.74, 6) is -3.24. The lowest BCUT2D eigenvalue weighted by atomic mass is 9.72. The number of rotatable bonds is 8. The number of alkyl halides is 6. The van der Waals surface area contributed by atoms with Crippen molar-refractivity contribution in [2.24, 2.45) is 5.73 Å². The number of benzene rings is 2. The number of carbonyl (C=O) groups excluding carboxylic acids is 2. The number of carboxylic acids is 1. The maximum atomic E-state index is 13.4. The molecule has 0 aliphatic heterocycles. The van der Waals surface area contributed by atoms with E-state index < -0.39 is 41.4 Å². The van der Waals surface area contributed by atoms with E-state index in [2.05, 4.69) is 20.6 Å². The van der Waals surface area contributed by atoms with E-state index in [0.717, 1.165) is 6.07 Å². The van der Waals surface area contributed by atoms with Gasteiger partial charge in [-0.3, -0.25) is 4.79 Å². The van der Waals surface area contributed by atoms with Crippen LogP contribution < -0.4 is 30.6 Å². The number of amides is 2. The van der Waals surface area contributed by atoms with Gasteiger partial charge in [0.15, 0.2) is 5.75 Å². The Balaban J connectivity index is 0.000000707. The average molecular weight is 646 g/mol. The van der Waals surface area contributed by atoms with E-state index in [-0.39, 0.29) is 48.4 Å². The fraction of sp³-hybridized carbons (Fsp3) is 0.296. The second-order valence-corrected chi connectivity index (χ2v) is 9.43. The first-order chi connectivity index (χ1) is 21.0. The molecule has 4 rings (SSSR count). The monoisotopic (exact) mass is 645 g/mol. The van der Waals surface area contributed by atoms with Gasteiger partial charge in [-0.25, -0.2) is 19.6 Å². The third-order valence-electron chi connectivity index (χ3n) is 6.08. The molecule has 1 fully saturated rings. The number of carbonyl (C=O) groups is 3. The van der Waals surface area contributed by atoms with E-state index >= 15 is 0 Å². The largest absolute Gasteiger partial charge is 0.497 e. The molecular formula is C27H25F6N5O7. The van der Waals surface area contributed by atoms with E-state index in [1.54, 1.807) is 12.1 Å². The van der Waals surface area contributed by atoms with Crippen LogP contribution in [-0.4, -0.2) is 57.9 Å². The molecule has 3 aromatic rings. The highest BCUT2D eigenvalue weighted by Crippen LogP contribution is 2.40. The van der Waals surface area contributed by atoms with Crippen LogP contribution >= 0.6 is 0 Å². The summed E-state index contributed by atoms with van der Waals surface area (Å²) >= 11 is 0. The summed E-state index contributed by atoms with van der Waals surface area (Å²) in [7, 11) is 1.27. The van der Waals surface area contributed by atoms with Crippen molar-refractivity contribution < 1.29 is 60.0 Å². The van der Waals surface area contributed by atoms with Crippen molar-refractivity contribution in [1.29, 1.82) is 0 Å². The van der Waals surface area contributed by atoms with Crippen LogP contribution in [-0.2, 0) is 22.3 Å². The van der Waals surface area contributed by atoms with Crippen molar-refractivity contribution >= 4 is 18.0 Å². The zero-order chi connectivity index (χ0) is 33.4. The summed E-state index contributed by atoms with van der Waals surface area (Å²) in [5.41, 5.74) is 4.32. The summed E-state index contributed by atoms with van der Waals surface area (Å²) in [6, 6.07) is 9.31. The molecule has 1 heterocycles. The predicted octanol–water partition coefficient (Wildman–Crippen LogP) is 4.19. The fourth-order valence-corrected chi connectivity index (χ4v) is 3.95. The molecular weight excluding hydrogens is 620 g/mol. The van der Waals surface area contributed by atoms with Crippen LogP contribution in [0.3, 0.4) is 0 Å². The number of aliphatic carboxylic acids is 1. The van der Waals surface area contributed by atoms with Crippen molar-refractivity contribution in [3.63, 3.8) is 0 Å². The first kappa shape index (κ1) is 34.4. The normalized spacial score (nSPS) is 17.5. The average Bonchev–Trinajstić information content (AvgIpc) is 2.95. The Bertz CT molecular complexity index is 1480. The van der Waals surface area contributed by atoms with Crippen molar-refractivity contribution in [3.8, 4) is 23.0 Å². The lowest BCUT2D eigenvalue weighted by Crippen LogP contribution is -2.69. The minimum absolute atomic E-state index is 0.0535. The first-order valence-corrected chi connectivity index (χ1v) is 12.6. The van der Waals surface area contributed by atoms with E-state index in [9.17, 15) is 35.9 Å². The predicted molar refractivity (Wildman–Crippen MR) is 141 cm³/mol. The second kappa shape index (κ2) is 14.1. The highest BCUT2D eigenvalue weighted by Gasteiger charge is 2.50. The zero-order valence-electron chi connectivity index (χ0n) is 23.1. The van der Waals surface area contributed by atoms with Gasteiger partial charge in [0.1, 0.15) is 34.7 Å². The molecule has 18 heteroatoms. The number of hydrogen-bond acceptors (Lipinski definition) is 9. The van der Waals surface area contributed by atoms with Crippen molar-refractivity contribution in [2.75, 3.05) is 7.11 Å². The first-order valence-electron chi connectivity index (χ1n) is 12.6. The minimum Gasteiger partial charge on any atom is -0.497 e. The summed E-state index contributed by atoms with van der Waals surface area (Å²) in [6.07, 6.45) is -6.24. The van der Waals surface area contributed by atoms with E-state index in [1.807, 2.05) is 0 Å². The Morgan fingerprint density at radius 3 is 2.07 bits per heavy atom. The third kappa shape index (κ3) is 9.68. The van der Waals surface area contributed by atoms with Crippen molar-refractivity contribution in [3.05, 3.63) is 72.3 Å². The summed E-state index contributed by atoms with van der Waals surface area (Å²) in [4.78, 5) is 41.7. The molecule has 2 amide bonds. The molecule has 45 heavy (non-hydrogen) atoms. The number of aromatic nitrogens is 2. The summed E-state index contributed by atoms with van der Waals surface area (Å²) < 4.78 is 87.5. The van der Waals surface area contributed by atoms with Gasteiger partial charge in [0.25, 0.3) is 0 Å². The van der Waals surface area contributed by atoms with Crippen LogP contribution in [0, 0.1) is 0 Å². The van der Waals surface area contributed by atoms with Crippen LogP contribution in [0.25, 0.3) is 0 Å². The zero-order valence-corrected chi connectivity index (χ0v) is 23.1. The molecule has 5 N–H and O–H groups in total. The Labute approximate surface area is 250 Å². The highest BCUT2D eigenvalue weighted by atomic mass is 19.4. The molecule has 0 bridgehead atoms. The highest BCUT2D eigenvalue weighted by molar-refractivity contribution is 5.91. The standard InChI is InChI=1S/C25H24F3N5O5.C2HF3O2/c1-36-18-6-7-21(20(8-18)25(26,27)28)37-17-4-2-15(3-5-17)11-32-22(34)24(9-16(29)10-24)33-23(35)38-19-12-30-14-31-13-19;3-2(4,5)1(6)7/h2-8,12-14,16H,9-11,29H2,1H3,(H,32,34)(H,33,35);(H,6,7). The molecule has 0 radical (unpaired) electrons. The van der Waals surface area contributed by atoms with Gasteiger partial charge >= 0.3 is 24.4 Å². The number of halogens is 6. The molecule has 1 saturated carbocycles. The Hall–Kier alpha value is -5.13. The summed E-state index contributed by atoms with van der Waals surface area (Å²) in [6.45, 7) is 0.0929. The molecule has 1 aliphatic rings. The minimum atomic E-state index is -5.08. The topological polar surface area (TPSA) is 175 Å². The fourth-order valence-electron chi connectivity index (χ4n) is 3.95. The molecule has 0 spiro atoms. The molecule has 12 nitrogen and oxygen atoms in total. The number of nitrogens with zero attached hydrogens (tertiary/aromatic N) is 2. The van der Waals surface area contributed by atoms with Crippen LogP contribution in [0.15, 0.2) is 61.2 Å². The van der Waals surface area contributed by atoms with Gasteiger partial charge < -0.3 is 35.7 Å². The van der Waals surface area contributed by atoms with Crippen LogP contribution in [0.4, 0.5) is 31.1 Å². The maximum Gasteiger partial charge on any atom is 0.490 e. The van der Waals surface area contributed by atoms with Gasteiger partial charge in [-0.2, -0.15) is 26.3 Å². The van der Waals surface area contributed by atoms with Gasteiger partial charge in [-0.15, -0.1) is 0 Å². The number of methoxy groups -OCH3 is 1. The smallest absolute Gasteiger partial charge is 0.490 e. The van der Waals surface area contributed by atoms with Crippen LogP contribution in [0.1, 0.15) is 24.0 Å². The molecule has 0 atom stereocenters.